The highest BCUT2D eigenvalue weighted by Gasteiger charge is 2.26. The van der Waals surface area contributed by atoms with Crippen molar-refractivity contribution in [2.75, 3.05) is 19.7 Å². The largest absolute Gasteiger partial charge is 0.377 e. The predicted octanol–water partition coefficient (Wildman–Crippen LogP) is 5.88. The molecule has 0 bridgehead atoms. The highest BCUT2D eigenvalue weighted by molar-refractivity contribution is 6.30. The SMILES string of the molecule is CCOCc1ccc(C(=O)N2CCC[C@@H](c3ccc(Cc4ccc(Cl)cc4)cn3)C2)cc1. The van der Waals surface area contributed by atoms with Crippen LogP contribution < -0.4 is 0 Å². The summed E-state index contributed by atoms with van der Waals surface area (Å²) in [7, 11) is 0. The van der Waals surface area contributed by atoms with Gasteiger partial charge in [0.15, 0.2) is 0 Å². The van der Waals surface area contributed by atoms with E-state index in [4.69, 9.17) is 21.3 Å². The number of pyridine rings is 1. The molecule has 1 fully saturated rings. The molecule has 2 aromatic carbocycles. The van der Waals surface area contributed by atoms with Gasteiger partial charge in [0, 0.05) is 48.1 Å². The Kier molecular flexibility index (Phi) is 7.56. The lowest BCUT2D eigenvalue weighted by molar-refractivity contribution is 0.0705. The Balaban J connectivity index is 1.37. The monoisotopic (exact) mass is 448 g/mol. The average molecular weight is 449 g/mol. The minimum absolute atomic E-state index is 0.0945. The molecular formula is C27H29ClN2O2. The van der Waals surface area contributed by atoms with Crippen LogP contribution in [0, 0.1) is 0 Å². The molecule has 3 aromatic rings. The first-order chi connectivity index (χ1) is 15.6. The Hall–Kier alpha value is -2.69. The highest BCUT2D eigenvalue weighted by Crippen LogP contribution is 2.27. The Morgan fingerprint density at radius 3 is 2.44 bits per heavy atom. The summed E-state index contributed by atoms with van der Waals surface area (Å²) >= 11 is 5.97. The number of nitrogens with zero attached hydrogens (tertiary/aromatic N) is 2. The molecule has 4 rings (SSSR count). The van der Waals surface area contributed by atoms with Gasteiger partial charge in [-0.2, -0.15) is 0 Å². The minimum atomic E-state index is 0.0945. The molecule has 32 heavy (non-hydrogen) atoms. The van der Waals surface area contributed by atoms with Gasteiger partial charge in [-0.15, -0.1) is 0 Å². The van der Waals surface area contributed by atoms with Crippen molar-refractivity contribution in [1.29, 1.82) is 0 Å². The lowest BCUT2D eigenvalue weighted by atomic mass is 9.93. The second kappa shape index (κ2) is 10.8. The van der Waals surface area contributed by atoms with Crippen LogP contribution in [-0.4, -0.2) is 35.5 Å². The third-order valence-corrected chi connectivity index (χ3v) is 6.22. The number of likely N-dealkylation sites (tertiary alicyclic amines) is 1. The van der Waals surface area contributed by atoms with Crippen molar-refractivity contribution in [2.45, 2.75) is 38.7 Å². The van der Waals surface area contributed by atoms with Crippen LogP contribution in [0.3, 0.4) is 0 Å². The number of ether oxygens (including phenoxy) is 1. The zero-order valence-electron chi connectivity index (χ0n) is 18.5. The van der Waals surface area contributed by atoms with Crippen LogP contribution in [-0.2, 0) is 17.8 Å². The van der Waals surface area contributed by atoms with E-state index in [9.17, 15) is 4.79 Å². The van der Waals surface area contributed by atoms with Gasteiger partial charge < -0.3 is 9.64 Å². The fourth-order valence-electron chi connectivity index (χ4n) is 4.17. The van der Waals surface area contributed by atoms with E-state index < -0.39 is 0 Å². The smallest absolute Gasteiger partial charge is 0.253 e. The van der Waals surface area contributed by atoms with Crippen molar-refractivity contribution < 1.29 is 9.53 Å². The summed E-state index contributed by atoms with van der Waals surface area (Å²) in [5, 5.41) is 0.750. The Morgan fingerprint density at radius 2 is 1.75 bits per heavy atom. The third-order valence-electron chi connectivity index (χ3n) is 5.97. The van der Waals surface area contributed by atoms with E-state index in [0.29, 0.717) is 19.8 Å². The second-order valence-corrected chi connectivity index (χ2v) is 8.76. The first-order valence-corrected chi connectivity index (χ1v) is 11.7. The van der Waals surface area contributed by atoms with Gasteiger partial charge in [0.25, 0.3) is 5.91 Å². The van der Waals surface area contributed by atoms with Gasteiger partial charge in [-0.05, 0) is 73.2 Å². The third kappa shape index (κ3) is 5.76. The van der Waals surface area contributed by atoms with Crippen LogP contribution in [0.2, 0.25) is 5.02 Å². The number of carbonyl (C=O) groups excluding carboxylic acids is 1. The standard InChI is InChI=1S/C27H29ClN2O2/c1-2-32-19-21-5-10-23(11-6-21)27(31)30-15-3-4-24(18-30)26-14-9-22(17-29-26)16-20-7-12-25(28)13-8-20/h5-14,17,24H,2-4,15-16,18-19H2,1H3/t24-/m1/s1. The van der Waals surface area contributed by atoms with E-state index in [1.54, 1.807) is 0 Å². The Bertz CT molecular complexity index is 1020. The first-order valence-electron chi connectivity index (χ1n) is 11.3. The molecule has 1 aliphatic rings. The van der Waals surface area contributed by atoms with Gasteiger partial charge in [0.1, 0.15) is 0 Å². The van der Waals surface area contributed by atoms with Crippen LogP contribution in [0.5, 0.6) is 0 Å². The molecule has 1 atom stereocenters. The first kappa shape index (κ1) is 22.5. The van der Waals surface area contributed by atoms with E-state index in [-0.39, 0.29) is 11.8 Å². The number of hydrogen-bond acceptors (Lipinski definition) is 3. The molecule has 1 aliphatic heterocycles. The lowest BCUT2D eigenvalue weighted by Crippen LogP contribution is -2.39. The molecule has 0 saturated carbocycles. The summed E-state index contributed by atoms with van der Waals surface area (Å²) in [6, 6.07) is 20.0. The summed E-state index contributed by atoms with van der Waals surface area (Å²) in [5.74, 6) is 0.367. The predicted molar refractivity (Wildman–Crippen MR) is 128 cm³/mol. The van der Waals surface area contributed by atoms with Gasteiger partial charge in [-0.3, -0.25) is 9.78 Å². The van der Waals surface area contributed by atoms with E-state index in [0.717, 1.165) is 47.7 Å². The number of aromatic nitrogens is 1. The summed E-state index contributed by atoms with van der Waals surface area (Å²) in [6.07, 6.45) is 4.84. The Morgan fingerprint density at radius 1 is 1.03 bits per heavy atom. The van der Waals surface area contributed by atoms with Crippen molar-refractivity contribution in [3.05, 3.63) is 99.8 Å². The molecule has 5 heteroatoms. The van der Waals surface area contributed by atoms with Crippen molar-refractivity contribution >= 4 is 17.5 Å². The second-order valence-electron chi connectivity index (χ2n) is 8.32. The summed E-state index contributed by atoms with van der Waals surface area (Å²) < 4.78 is 5.44. The maximum Gasteiger partial charge on any atom is 0.253 e. The van der Waals surface area contributed by atoms with Crippen LogP contribution in [0.1, 0.15) is 58.4 Å². The maximum absolute atomic E-state index is 13.0. The minimum Gasteiger partial charge on any atom is -0.377 e. The van der Waals surface area contributed by atoms with Crippen molar-refractivity contribution in [1.82, 2.24) is 9.88 Å². The van der Waals surface area contributed by atoms with Gasteiger partial charge in [-0.1, -0.05) is 41.9 Å². The number of rotatable bonds is 7. The van der Waals surface area contributed by atoms with Gasteiger partial charge in [0.2, 0.25) is 0 Å². The summed E-state index contributed by atoms with van der Waals surface area (Å²) in [5.41, 5.74) is 5.27. The van der Waals surface area contributed by atoms with Crippen LogP contribution in [0.15, 0.2) is 66.9 Å². The van der Waals surface area contributed by atoms with E-state index in [1.165, 1.54) is 11.1 Å². The van der Waals surface area contributed by atoms with Crippen LogP contribution >= 0.6 is 11.6 Å². The fourth-order valence-corrected chi connectivity index (χ4v) is 4.29. The molecular weight excluding hydrogens is 420 g/mol. The average Bonchev–Trinajstić information content (AvgIpc) is 2.84. The van der Waals surface area contributed by atoms with Gasteiger partial charge >= 0.3 is 0 Å². The molecule has 0 N–H and O–H groups in total. The van der Waals surface area contributed by atoms with Crippen molar-refractivity contribution in [2.24, 2.45) is 0 Å². The molecule has 166 valence electrons. The quantitative estimate of drug-likeness (QED) is 0.453. The number of benzene rings is 2. The normalized spacial score (nSPS) is 16.2. The number of hydrogen-bond donors (Lipinski definition) is 0. The molecule has 0 spiro atoms. The summed E-state index contributed by atoms with van der Waals surface area (Å²) in [4.78, 5) is 19.8. The van der Waals surface area contributed by atoms with E-state index in [2.05, 4.69) is 12.1 Å². The number of piperidine rings is 1. The molecule has 1 aromatic heterocycles. The van der Waals surface area contributed by atoms with E-state index >= 15 is 0 Å². The molecule has 0 aliphatic carbocycles. The van der Waals surface area contributed by atoms with Crippen molar-refractivity contribution in [3.63, 3.8) is 0 Å². The topological polar surface area (TPSA) is 42.4 Å². The zero-order valence-corrected chi connectivity index (χ0v) is 19.2. The Labute approximate surface area is 195 Å². The zero-order chi connectivity index (χ0) is 22.3. The van der Waals surface area contributed by atoms with Gasteiger partial charge in [0.05, 0.1) is 6.61 Å². The molecule has 0 radical (unpaired) electrons. The molecule has 1 amide bonds. The maximum atomic E-state index is 13.0. The molecule has 0 unspecified atom stereocenters. The highest BCUT2D eigenvalue weighted by atomic mass is 35.5. The van der Waals surface area contributed by atoms with Crippen molar-refractivity contribution in [3.8, 4) is 0 Å². The fraction of sp³-hybridized carbons (Fsp3) is 0.333. The summed E-state index contributed by atoms with van der Waals surface area (Å²) in [6.45, 7) is 4.75. The van der Waals surface area contributed by atoms with Crippen LogP contribution in [0.4, 0.5) is 0 Å². The number of carbonyl (C=O) groups is 1. The molecule has 1 saturated heterocycles. The van der Waals surface area contributed by atoms with Gasteiger partial charge in [-0.25, -0.2) is 0 Å². The van der Waals surface area contributed by atoms with E-state index in [1.807, 2.05) is 66.6 Å². The molecule has 4 nitrogen and oxygen atoms in total. The number of halogens is 1. The lowest BCUT2D eigenvalue weighted by Gasteiger charge is -2.32. The van der Waals surface area contributed by atoms with Crippen LogP contribution in [0.25, 0.3) is 0 Å². The number of amides is 1. The molecule has 2 heterocycles.